The van der Waals surface area contributed by atoms with E-state index in [1.807, 2.05) is 62.4 Å². The van der Waals surface area contributed by atoms with E-state index in [0.717, 1.165) is 38.9 Å². The Bertz CT molecular complexity index is 1240. The zero-order valence-electron chi connectivity index (χ0n) is 18.7. The molecule has 6 nitrogen and oxygen atoms in total. The number of halogens is 1. The summed E-state index contributed by atoms with van der Waals surface area (Å²) < 4.78 is 0. The summed E-state index contributed by atoms with van der Waals surface area (Å²) in [6, 6.07) is 15.9. The van der Waals surface area contributed by atoms with Crippen LogP contribution in [0.2, 0.25) is 5.15 Å². The number of aliphatic carboxylic acids is 1. The van der Waals surface area contributed by atoms with E-state index in [4.69, 9.17) is 16.7 Å². The van der Waals surface area contributed by atoms with E-state index >= 15 is 0 Å². The van der Waals surface area contributed by atoms with Crippen molar-refractivity contribution in [1.82, 2.24) is 9.99 Å². The number of benzene rings is 2. The van der Waals surface area contributed by atoms with Gasteiger partial charge in [0.1, 0.15) is 5.15 Å². The fraction of sp³-hybridized carbons (Fsp3) is 0.308. The maximum absolute atomic E-state index is 13.0. The third-order valence-electron chi connectivity index (χ3n) is 5.95. The zero-order chi connectivity index (χ0) is 23.5. The number of pyridine rings is 1. The molecule has 170 valence electrons. The summed E-state index contributed by atoms with van der Waals surface area (Å²) in [5.41, 5.74) is 5.76. The van der Waals surface area contributed by atoms with Crippen molar-refractivity contribution in [1.29, 1.82) is 0 Å². The van der Waals surface area contributed by atoms with Crippen LogP contribution in [0.5, 0.6) is 0 Å². The lowest BCUT2D eigenvalue weighted by atomic mass is 9.97. The van der Waals surface area contributed by atoms with Gasteiger partial charge in [-0.2, -0.15) is 5.10 Å². The average molecular weight is 464 g/mol. The molecule has 1 N–H and O–H groups in total. The fourth-order valence-electron chi connectivity index (χ4n) is 4.17. The van der Waals surface area contributed by atoms with Gasteiger partial charge >= 0.3 is 5.97 Å². The van der Waals surface area contributed by atoms with E-state index in [9.17, 15) is 9.59 Å². The number of carboxylic acid groups (broad SMARTS) is 1. The topological polar surface area (TPSA) is 82.9 Å². The minimum atomic E-state index is -0.908. The number of para-hydroxylation sites is 1. The predicted octanol–water partition coefficient (Wildman–Crippen LogP) is 5.31. The minimum absolute atomic E-state index is 0.0431. The molecule has 1 amide bonds. The Labute approximate surface area is 197 Å². The van der Waals surface area contributed by atoms with Crippen LogP contribution >= 0.6 is 11.6 Å². The maximum Gasteiger partial charge on any atom is 0.303 e. The Morgan fingerprint density at radius 2 is 1.88 bits per heavy atom. The Hall–Kier alpha value is -3.25. The summed E-state index contributed by atoms with van der Waals surface area (Å²) in [5.74, 6) is -1.09. The molecule has 0 saturated carbocycles. The molecule has 1 aliphatic rings. The molecule has 1 atom stereocenters. The molecule has 7 heteroatoms. The highest BCUT2D eigenvalue weighted by atomic mass is 35.5. The minimum Gasteiger partial charge on any atom is -0.481 e. The van der Waals surface area contributed by atoms with E-state index in [1.165, 1.54) is 5.01 Å². The number of nitrogens with zero attached hydrogens (tertiary/aromatic N) is 3. The van der Waals surface area contributed by atoms with Gasteiger partial charge in [0.25, 0.3) is 0 Å². The first-order valence-corrected chi connectivity index (χ1v) is 11.4. The third-order valence-corrected chi connectivity index (χ3v) is 6.28. The average Bonchev–Trinajstić information content (AvgIpc) is 3.19. The van der Waals surface area contributed by atoms with Gasteiger partial charge in [0.05, 0.1) is 17.3 Å². The molecule has 1 aromatic heterocycles. The molecular weight excluding hydrogens is 438 g/mol. The summed E-state index contributed by atoms with van der Waals surface area (Å²) in [6.45, 7) is 4.03. The molecule has 33 heavy (non-hydrogen) atoms. The van der Waals surface area contributed by atoms with E-state index in [2.05, 4.69) is 10.1 Å². The third kappa shape index (κ3) is 5.22. The molecule has 0 spiro atoms. The SMILES string of the molecule is Cc1ccc(C2=NN(C(=O)CCCC(=O)O)C(Cc3cc4cccc(C)c4nc3Cl)C2)cc1. The molecule has 2 aromatic carbocycles. The van der Waals surface area contributed by atoms with Crippen molar-refractivity contribution in [3.63, 3.8) is 0 Å². The Kier molecular flexibility index (Phi) is 6.75. The number of rotatable bonds is 7. The summed E-state index contributed by atoms with van der Waals surface area (Å²) in [5, 5.41) is 16.5. The van der Waals surface area contributed by atoms with Gasteiger partial charge in [0.2, 0.25) is 5.91 Å². The van der Waals surface area contributed by atoms with Crippen molar-refractivity contribution in [3.8, 4) is 0 Å². The number of aryl methyl sites for hydroxylation is 2. The lowest BCUT2D eigenvalue weighted by molar-refractivity contribution is -0.137. The van der Waals surface area contributed by atoms with E-state index in [-0.39, 0.29) is 31.2 Å². The zero-order valence-corrected chi connectivity index (χ0v) is 19.5. The van der Waals surface area contributed by atoms with Crippen molar-refractivity contribution < 1.29 is 14.7 Å². The second-order valence-electron chi connectivity index (χ2n) is 8.55. The number of aromatic nitrogens is 1. The van der Waals surface area contributed by atoms with Crippen LogP contribution in [0.25, 0.3) is 10.9 Å². The first-order valence-electron chi connectivity index (χ1n) is 11.0. The lowest BCUT2D eigenvalue weighted by Crippen LogP contribution is -2.34. The highest BCUT2D eigenvalue weighted by Crippen LogP contribution is 2.29. The van der Waals surface area contributed by atoms with Gasteiger partial charge in [0.15, 0.2) is 0 Å². The Balaban J connectivity index is 1.61. The van der Waals surface area contributed by atoms with Crippen molar-refractivity contribution >= 4 is 40.1 Å². The van der Waals surface area contributed by atoms with E-state index in [1.54, 1.807) is 0 Å². The second-order valence-corrected chi connectivity index (χ2v) is 8.90. The number of carboxylic acids is 1. The van der Waals surface area contributed by atoms with Crippen LogP contribution in [0.15, 0.2) is 53.6 Å². The Morgan fingerprint density at radius 1 is 1.12 bits per heavy atom. The molecule has 1 unspecified atom stereocenters. The van der Waals surface area contributed by atoms with Crippen LogP contribution in [0.1, 0.15) is 47.9 Å². The summed E-state index contributed by atoms with van der Waals surface area (Å²) in [6.07, 6.45) is 1.48. The number of amides is 1. The van der Waals surface area contributed by atoms with Gasteiger partial charge < -0.3 is 5.11 Å². The standard InChI is InChI=1S/C26H26ClN3O3/c1-16-9-11-18(12-10-16)22-15-21(30(29-22)23(31)7-4-8-24(32)33)14-20-13-19-6-3-5-17(2)25(19)28-26(20)27/h3,5-6,9-13,21H,4,7-8,14-15H2,1-2H3,(H,32,33). The number of carbonyl (C=O) groups is 2. The van der Waals surface area contributed by atoms with Gasteiger partial charge in [-0.15, -0.1) is 0 Å². The van der Waals surface area contributed by atoms with Gasteiger partial charge in [-0.05, 0) is 49.4 Å². The smallest absolute Gasteiger partial charge is 0.303 e. The molecule has 0 aliphatic carbocycles. The van der Waals surface area contributed by atoms with Gasteiger partial charge in [-0.25, -0.2) is 9.99 Å². The van der Waals surface area contributed by atoms with Gasteiger partial charge in [-0.3, -0.25) is 9.59 Å². The molecule has 4 rings (SSSR count). The van der Waals surface area contributed by atoms with Crippen LogP contribution in [-0.4, -0.2) is 38.7 Å². The number of hydrazone groups is 1. The van der Waals surface area contributed by atoms with Crippen molar-refractivity contribution in [2.24, 2.45) is 5.10 Å². The molecule has 0 radical (unpaired) electrons. The van der Waals surface area contributed by atoms with Crippen molar-refractivity contribution in [2.75, 3.05) is 0 Å². The fourth-order valence-corrected chi connectivity index (χ4v) is 4.39. The largest absolute Gasteiger partial charge is 0.481 e. The molecular formula is C26H26ClN3O3. The van der Waals surface area contributed by atoms with Crippen LogP contribution in [-0.2, 0) is 16.0 Å². The quantitative estimate of drug-likeness (QED) is 0.481. The predicted molar refractivity (Wildman–Crippen MR) is 130 cm³/mol. The van der Waals surface area contributed by atoms with Crippen LogP contribution in [0.4, 0.5) is 0 Å². The highest BCUT2D eigenvalue weighted by molar-refractivity contribution is 6.30. The monoisotopic (exact) mass is 463 g/mol. The Morgan fingerprint density at radius 3 is 2.61 bits per heavy atom. The second kappa shape index (κ2) is 9.71. The molecule has 0 fully saturated rings. The van der Waals surface area contributed by atoms with Crippen LogP contribution in [0.3, 0.4) is 0 Å². The number of fused-ring (bicyclic) bond motifs is 1. The lowest BCUT2D eigenvalue weighted by Gasteiger charge is -2.22. The number of hydrogen-bond acceptors (Lipinski definition) is 4. The molecule has 0 bridgehead atoms. The van der Waals surface area contributed by atoms with Crippen LogP contribution < -0.4 is 0 Å². The summed E-state index contributed by atoms with van der Waals surface area (Å²) in [4.78, 5) is 28.4. The van der Waals surface area contributed by atoms with Crippen molar-refractivity contribution in [2.45, 2.75) is 52.0 Å². The summed E-state index contributed by atoms with van der Waals surface area (Å²) >= 11 is 6.55. The highest BCUT2D eigenvalue weighted by Gasteiger charge is 2.32. The summed E-state index contributed by atoms with van der Waals surface area (Å²) in [7, 11) is 0. The normalized spacial score (nSPS) is 15.7. The molecule has 2 heterocycles. The van der Waals surface area contributed by atoms with Crippen LogP contribution in [0, 0.1) is 13.8 Å². The van der Waals surface area contributed by atoms with Gasteiger partial charge in [-0.1, -0.05) is 59.6 Å². The number of carbonyl (C=O) groups excluding carboxylic acids is 1. The molecule has 3 aromatic rings. The van der Waals surface area contributed by atoms with Crippen molar-refractivity contribution in [3.05, 3.63) is 75.9 Å². The van der Waals surface area contributed by atoms with E-state index in [0.29, 0.717) is 18.0 Å². The molecule has 0 saturated heterocycles. The maximum atomic E-state index is 13.0. The first-order chi connectivity index (χ1) is 15.8. The van der Waals surface area contributed by atoms with Gasteiger partial charge in [0, 0.05) is 24.6 Å². The van der Waals surface area contributed by atoms with E-state index < -0.39 is 5.97 Å². The number of hydrogen-bond donors (Lipinski definition) is 1. The molecule has 1 aliphatic heterocycles. The first kappa shape index (κ1) is 22.9.